The number of halogens is 2. The summed E-state index contributed by atoms with van der Waals surface area (Å²) >= 11 is 11.7. The SMILES string of the molecule is CCC(C)(C)NC(=O)C(C)S(=O)(=O)Cc1ccc(Cl)c(Cl)c1. The third-order valence-corrected chi connectivity index (χ3v) is 6.37. The molecule has 4 nitrogen and oxygen atoms in total. The average molecular weight is 366 g/mol. The quantitative estimate of drug-likeness (QED) is 0.837. The standard InChI is InChI=1S/C15H21Cl2NO3S/c1-5-15(3,4)18-14(19)10(2)22(20,21)9-11-6-7-12(16)13(17)8-11/h6-8,10H,5,9H2,1-4H3,(H,18,19). The van der Waals surface area contributed by atoms with Crippen molar-refractivity contribution in [2.75, 3.05) is 0 Å². The van der Waals surface area contributed by atoms with Crippen LogP contribution in [-0.2, 0) is 20.4 Å². The minimum Gasteiger partial charge on any atom is -0.350 e. The Hall–Kier alpha value is -0.780. The van der Waals surface area contributed by atoms with Crippen LogP contribution in [0.2, 0.25) is 10.0 Å². The second-order valence-electron chi connectivity index (χ2n) is 5.92. The Balaban J connectivity index is 2.89. The summed E-state index contributed by atoms with van der Waals surface area (Å²) in [5.74, 6) is -0.753. The van der Waals surface area contributed by atoms with E-state index in [1.54, 1.807) is 12.1 Å². The van der Waals surface area contributed by atoms with Crippen LogP contribution in [0.25, 0.3) is 0 Å². The normalized spacial score (nSPS) is 13.7. The van der Waals surface area contributed by atoms with E-state index < -0.39 is 26.5 Å². The van der Waals surface area contributed by atoms with Crippen LogP contribution < -0.4 is 5.32 Å². The van der Waals surface area contributed by atoms with Gasteiger partial charge in [-0.1, -0.05) is 36.2 Å². The summed E-state index contributed by atoms with van der Waals surface area (Å²) in [4.78, 5) is 12.1. The van der Waals surface area contributed by atoms with Crippen LogP contribution in [0.3, 0.4) is 0 Å². The fourth-order valence-corrected chi connectivity index (χ4v) is 3.27. The van der Waals surface area contributed by atoms with Crippen LogP contribution in [0.1, 0.15) is 39.7 Å². The van der Waals surface area contributed by atoms with E-state index in [0.717, 1.165) is 0 Å². The van der Waals surface area contributed by atoms with Gasteiger partial charge in [0.25, 0.3) is 0 Å². The molecule has 0 aromatic heterocycles. The van der Waals surface area contributed by atoms with E-state index in [4.69, 9.17) is 23.2 Å². The molecule has 1 unspecified atom stereocenters. The monoisotopic (exact) mass is 365 g/mol. The van der Waals surface area contributed by atoms with E-state index >= 15 is 0 Å². The maximum absolute atomic E-state index is 12.4. The Bertz CT molecular complexity index is 657. The molecule has 0 aliphatic heterocycles. The molecule has 0 aliphatic rings. The first-order chi connectivity index (χ1) is 9.98. The topological polar surface area (TPSA) is 63.2 Å². The Labute approximate surface area is 142 Å². The molecule has 22 heavy (non-hydrogen) atoms. The van der Waals surface area contributed by atoms with Gasteiger partial charge in [-0.3, -0.25) is 4.79 Å². The lowest BCUT2D eigenvalue weighted by Gasteiger charge is -2.26. The zero-order chi connectivity index (χ0) is 17.1. The Kier molecular flexibility index (Phi) is 6.30. The van der Waals surface area contributed by atoms with Crippen LogP contribution >= 0.6 is 23.2 Å². The molecule has 0 fully saturated rings. The number of nitrogens with one attached hydrogen (secondary N) is 1. The van der Waals surface area contributed by atoms with Gasteiger partial charge in [0.05, 0.1) is 15.8 Å². The number of rotatable bonds is 6. The Morgan fingerprint density at radius 2 is 1.86 bits per heavy atom. The zero-order valence-corrected chi connectivity index (χ0v) is 15.4. The van der Waals surface area contributed by atoms with Gasteiger partial charge in [0.15, 0.2) is 9.84 Å². The molecule has 0 aliphatic carbocycles. The summed E-state index contributed by atoms with van der Waals surface area (Å²) in [5.41, 5.74) is 0.0635. The molecule has 124 valence electrons. The van der Waals surface area contributed by atoms with E-state index in [1.807, 2.05) is 20.8 Å². The third kappa shape index (κ3) is 5.14. The Morgan fingerprint density at radius 3 is 2.36 bits per heavy atom. The van der Waals surface area contributed by atoms with Gasteiger partial charge < -0.3 is 5.32 Å². The third-order valence-electron chi connectivity index (χ3n) is 3.61. The fourth-order valence-electron chi connectivity index (χ4n) is 1.67. The van der Waals surface area contributed by atoms with Gasteiger partial charge in [-0.2, -0.15) is 0 Å². The minimum atomic E-state index is -3.64. The molecule has 1 N–H and O–H groups in total. The van der Waals surface area contributed by atoms with E-state index in [1.165, 1.54) is 13.0 Å². The highest BCUT2D eigenvalue weighted by Crippen LogP contribution is 2.24. The van der Waals surface area contributed by atoms with Crippen LogP contribution in [0.15, 0.2) is 18.2 Å². The molecule has 1 atom stereocenters. The first-order valence-electron chi connectivity index (χ1n) is 6.96. The first kappa shape index (κ1) is 19.3. The van der Waals surface area contributed by atoms with Gasteiger partial charge in [-0.15, -0.1) is 0 Å². The molecule has 1 aromatic rings. The fraction of sp³-hybridized carbons (Fsp3) is 0.533. The number of amides is 1. The van der Waals surface area contributed by atoms with Crippen molar-refractivity contribution in [3.63, 3.8) is 0 Å². The molecule has 0 saturated carbocycles. The molecule has 0 heterocycles. The number of benzene rings is 1. The number of carbonyl (C=O) groups is 1. The molecular weight excluding hydrogens is 345 g/mol. The lowest BCUT2D eigenvalue weighted by molar-refractivity contribution is -0.122. The molecule has 0 radical (unpaired) electrons. The molecule has 1 aromatic carbocycles. The Morgan fingerprint density at radius 1 is 1.27 bits per heavy atom. The van der Waals surface area contributed by atoms with E-state index in [2.05, 4.69) is 5.32 Å². The van der Waals surface area contributed by atoms with Crippen molar-refractivity contribution in [2.24, 2.45) is 0 Å². The predicted octanol–water partition coefficient (Wildman–Crippen LogP) is 3.60. The first-order valence-corrected chi connectivity index (χ1v) is 9.43. The summed E-state index contributed by atoms with van der Waals surface area (Å²) in [7, 11) is -3.64. The maximum Gasteiger partial charge on any atom is 0.238 e. The molecule has 0 spiro atoms. The second-order valence-corrected chi connectivity index (χ2v) is 9.06. The highest BCUT2D eigenvalue weighted by Gasteiger charge is 2.31. The van der Waals surface area contributed by atoms with Gasteiger partial charge in [0, 0.05) is 5.54 Å². The van der Waals surface area contributed by atoms with Crippen molar-refractivity contribution >= 4 is 38.9 Å². The molecule has 0 saturated heterocycles. The lowest BCUT2D eigenvalue weighted by atomic mass is 10.0. The summed E-state index contributed by atoms with van der Waals surface area (Å²) < 4.78 is 24.7. The molecular formula is C15H21Cl2NO3S. The summed E-state index contributed by atoms with van der Waals surface area (Å²) in [6.07, 6.45) is 0.707. The summed E-state index contributed by atoms with van der Waals surface area (Å²) in [5, 5.41) is 2.27. The van der Waals surface area contributed by atoms with Gasteiger partial charge >= 0.3 is 0 Å². The number of hydrogen-bond donors (Lipinski definition) is 1. The van der Waals surface area contributed by atoms with Crippen LogP contribution in [-0.4, -0.2) is 25.1 Å². The summed E-state index contributed by atoms with van der Waals surface area (Å²) in [6.45, 7) is 7.02. The minimum absolute atomic E-state index is 0.259. The number of hydrogen-bond acceptors (Lipinski definition) is 3. The number of sulfone groups is 1. The van der Waals surface area contributed by atoms with Gasteiger partial charge in [0.2, 0.25) is 5.91 Å². The lowest BCUT2D eigenvalue weighted by Crippen LogP contribution is -2.48. The van der Waals surface area contributed by atoms with Crippen LogP contribution in [0.4, 0.5) is 0 Å². The van der Waals surface area contributed by atoms with Gasteiger partial charge in [-0.25, -0.2) is 8.42 Å². The average Bonchev–Trinajstić information content (AvgIpc) is 2.41. The summed E-state index contributed by atoms with van der Waals surface area (Å²) in [6, 6.07) is 4.63. The molecule has 7 heteroatoms. The van der Waals surface area contributed by atoms with Crippen molar-refractivity contribution in [2.45, 2.75) is 50.7 Å². The molecule has 1 rings (SSSR count). The van der Waals surface area contributed by atoms with Crippen molar-refractivity contribution in [1.29, 1.82) is 0 Å². The van der Waals surface area contributed by atoms with Crippen LogP contribution in [0, 0.1) is 0 Å². The van der Waals surface area contributed by atoms with Crippen LogP contribution in [0.5, 0.6) is 0 Å². The van der Waals surface area contributed by atoms with Gasteiger partial charge in [-0.05, 0) is 44.9 Å². The van der Waals surface area contributed by atoms with Crippen molar-refractivity contribution in [3.05, 3.63) is 33.8 Å². The van der Waals surface area contributed by atoms with Crippen molar-refractivity contribution in [1.82, 2.24) is 5.32 Å². The largest absolute Gasteiger partial charge is 0.350 e. The highest BCUT2D eigenvalue weighted by molar-refractivity contribution is 7.92. The zero-order valence-electron chi connectivity index (χ0n) is 13.1. The van der Waals surface area contributed by atoms with Gasteiger partial charge in [0.1, 0.15) is 5.25 Å². The smallest absolute Gasteiger partial charge is 0.238 e. The van der Waals surface area contributed by atoms with Crippen molar-refractivity contribution in [3.8, 4) is 0 Å². The van der Waals surface area contributed by atoms with E-state index in [0.29, 0.717) is 22.0 Å². The van der Waals surface area contributed by atoms with Crippen molar-refractivity contribution < 1.29 is 13.2 Å². The number of carbonyl (C=O) groups excluding carboxylic acids is 1. The predicted molar refractivity (Wildman–Crippen MR) is 91.1 cm³/mol. The van der Waals surface area contributed by atoms with E-state index in [9.17, 15) is 13.2 Å². The molecule has 1 amide bonds. The molecule has 0 bridgehead atoms. The highest BCUT2D eigenvalue weighted by atomic mass is 35.5. The van der Waals surface area contributed by atoms with E-state index in [-0.39, 0.29) is 5.75 Å². The second kappa shape index (κ2) is 7.20. The maximum atomic E-state index is 12.4.